The summed E-state index contributed by atoms with van der Waals surface area (Å²) in [5, 5.41) is 22.7. The van der Waals surface area contributed by atoms with Crippen molar-refractivity contribution in [3.63, 3.8) is 0 Å². The lowest BCUT2D eigenvalue weighted by atomic mass is 9.83. The molecule has 186 valence electrons. The van der Waals surface area contributed by atoms with Crippen LogP contribution in [0.1, 0.15) is 63.3 Å². The summed E-state index contributed by atoms with van der Waals surface area (Å²) < 4.78 is 22.6. The number of fused-ring (bicyclic) bond motifs is 2. The van der Waals surface area contributed by atoms with Crippen molar-refractivity contribution in [2.75, 3.05) is 5.32 Å². The fraction of sp³-hybridized carbons (Fsp3) is 0.565. The zero-order valence-corrected chi connectivity index (χ0v) is 21.7. The average Bonchev–Trinajstić information content (AvgIpc) is 3.29. The summed E-state index contributed by atoms with van der Waals surface area (Å²) >= 11 is 0.888. The lowest BCUT2D eigenvalue weighted by molar-refractivity contribution is 0.0470. The van der Waals surface area contributed by atoms with E-state index in [1.807, 2.05) is 0 Å². The highest BCUT2D eigenvalue weighted by atomic mass is 32.3. The standard InChI is InChI=1S/C23H32N4O5S2/c1-22(2,3)27(21(29)30)34(24,32)17-12-26(19(33-17)23(4,5)31)20(28)25-18-15-8-6-7-13(15)11-14-9-10-16(14)18/h11-12,19,24,31H,6-10H2,1-5H3,(H,25,28)(H,29,30). The number of anilines is 1. The normalized spacial score (nSPS) is 21.2. The van der Waals surface area contributed by atoms with Crippen LogP contribution in [0.2, 0.25) is 0 Å². The van der Waals surface area contributed by atoms with Crippen LogP contribution in [0.15, 0.2) is 16.5 Å². The van der Waals surface area contributed by atoms with Gasteiger partial charge >= 0.3 is 12.1 Å². The van der Waals surface area contributed by atoms with Crippen LogP contribution in [0.3, 0.4) is 0 Å². The van der Waals surface area contributed by atoms with Crippen LogP contribution in [0.4, 0.5) is 15.3 Å². The third kappa shape index (κ3) is 4.18. The average molecular weight is 509 g/mol. The molecule has 2 atom stereocenters. The Morgan fingerprint density at radius 1 is 1.15 bits per heavy atom. The van der Waals surface area contributed by atoms with Crippen molar-refractivity contribution in [1.29, 1.82) is 4.78 Å². The third-order valence-electron chi connectivity index (χ3n) is 6.35. The maximum Gasteiger partial charge on any atom is 0.420 e. The summed E-state index contributed by atoms with van der Waals surface area (Å²) in [7, 11) is -3.98. The third-order valence-corrected chi connectivity index (χ3v) is 10.6. The molecule has 1 aromatic rings. The fourth-order valence-corrected chi connectivity index (χ4v) is 8.20. The van der Waals surface area contributed by atoms with E-state index in [9.17, 15) is 24.0 Å². The Kier molecular flexibility index (Phi) is 5.97. The summed E-state index contributed by atoms with van der Waals surface area (Å²) in [5.41, 5.74) is 3.11. The zero-order valence-electron chi connectivity index (χ0n) is 20.1. The van der Waals surface area contributed by atoms with Gasteiger partial charge in [-0.2, -0.15) is 0 Å². The Labute approximate surface area is 204 Å². The van der Waals surface area contributed by atoms with E-state index < -0.39 is 38.6 Å². The van der Waals surface area contributed by atoms with Gasteiger partial charge in [0.05, 0.1) is 11.1 Å². The number of nitrogens with one attached hydrogen (secondary N) is 2. The molecule has 0 bridgehead atoms. The van der Waals surface area contributed by atoms with E-state index in [1.54, 1.807) is 20.8 Å². The van der Waals surface area contributed by atoms with Gasteiger partial charge in [-0.1, -0.05) is 17.8 Å². The second-order valence-corrected chi connectivity index (χ2v) is 13.8. The predicted molar refractivity (Wildman–Crippen MR) is 133 cm³/mol. The van der Waals surface area contributed by atoms with Gasteiger partial charge in [-0.3, -0.25) is 4.90 Å². The Morgan fingerprint density at radius 3 is 2.29 bits per heavy atom. The monoisotopic (exact) mass is 508 g/mol. The molecule has 3 amide bonds. The fourth-order valence-electron chi connectivity index (χ4n) is 4.80. The highest BCUT2D eigenvalue weighted by molar-refractivity contribution is 8.19. The van der Waals surface area contributed by atoms with Crippen LogP contribution in [0.25, 0.3) is 0 Å². The van der Waals surface area contributed by atoms with E-state index in [0.29, 0.717) is 4.31 Å². The summed E-state index contributed by atoms with van der Waals surface area (Å²) in [6.07, 6.45) is 4.56. The number of amides is 3. The quantitative estimate of drug-likeness (QED) is 0.473. The first-order valence-electron chi connectivity index (χ1n) is 11.3. The Bertz CT molecular complexity index is 1200. The lowest BCUT2D eigenvalue weighted by Crippen LogP contribution is -2.48. The summed E-state index contributed by atoms with van der Waals surface area (Å²) in [6.45, 7) is 7.72. The first-order valence-corrected chi connectivity index (χ1v) is 13.7. The predicted octanol–water partition coefficient (Wildman–Crippen LogP) is 4.49. The van der Waals surface area contributed by atoms with Gasteiger partial charge in [0.15, 0.2) is 9.92 Å². The second-order valence-electron chi connectivity index (χ2n) is 10.6. The Morgan fingerprint density at radius 2 is 1.76 bits per heavy atom. The minimum Gasteiger partial charge on any atom is -0.464 e. The maximum absolute atomic E-state index is 13.5. The summed E-state index contributed by atoms with van der Waals surface area (Å²) in [4.78, 5) is 26.7. The molecule has 2 aliphatic carbocycles. The van der Waals surface area contributed by atoms with Gasteiger partial charge in [-0.15, -0.1) is 0 Å². The lowest BCUT2D eigenvalue weighted by Gasteiger charge is -2.34. The molecule has 4 rings (SSSR count). The highest BCUT2D eigenvalue weighted by Crippen LogP contribution is 2.45. The molecule has 34 heavy (non-hydrogen) atoms. The number of aliphatic hydroxyl groups is 1. The van der Waals surface area contributed by atoms with Crippen molar-refractivity contribution in [2.24, 2.45) is 0 Å². The number of hydrogen-bond acceptors (Lipinski definition) is 6. The first kappa shape index (κ1) is 24.9. The number of rotatable bonds is 4. The molecule has 0 saturated heterocycles. The van der Waals surface area contributed by atoms with E-state index in [2.05, 4.69) is 11.4 Å². The number of carbonyl (C=O) groups excluding carboxylic acids is 1. The van der Waals surface area contributed by atoms with Gasteiger partial charge in [0, 0.05) is 11.9 Å². The molecule has 0 radical (unpaired) electrons. The smallest absolute Gasteiger partial charge is 0.420 e. The molecule has 0 aromatic heterocycles. The van der Waals surface area contributed by atoms with Crippen molar-refractivity contribution in [2.45, 2.75) is 83.2 Å². The topological polar surface area (TPSA) is 134 Å². The Hall–Kier alpha value is -2.24. The van der Waals surface area contributed by atoms with Crippen molar-refractivity contribution >= 4 is 39.5 Å². The van der Waals surface area contributed by atoms with Crippen molar-refractivity contribution < 1.29 is 24.0 Å². The van der Waals surface area contributed by atoms with Crippen molar-refractivity contribution in [1.82, 2.24) is 9.21 Å². The molecular formula is C23H32N4O5S2. The molecule has 1 heterocycles. The molecule has 11 heteroatoms. The van der Waals surface area contributed by atoms with E-state index in [-0.39, 0.29) is 4.24 Å². The van der Waals surface area contributed by atoms with Gasteiger partial charge in [0.1, 0.15) is 9.61 Å². The Balaban J connectivity index is 1.70. The van der Waals surface area contributed by atoms with E-state index >= 15 is 0 Å². The van der Waals surface area contributed by atoms with Gasteiger partial charge in [-0.05, 0) is 89.0 Å². The number of carboxylic acid groups (broad SMARTS) is 1. The molecule has 3 aliphatic rings. The van der Waals surface area contributed by atoms with Crippen LogP contribution in [-0.4, -0.2) is 52.3 Å². The molecule has 2 unspecified atom stereocenters. The molecule has 9 nitrogen and oxygen atoms in total. The maximum atomic E-state index is 13.5. The van der Waals surface area contributed by atoms with Crippen LogP contribution in [0.5, 0.6) is 0 Å². The number of urea groups is 1. The number of carbonyl (C=O) groups is 2. The van der Waals surface area contributed by atoms with E-state index in [4.69, 9.17) is 4.78 Å². The second kappa shape index (κ2) is 8.17. The van der Waals surface area contributed by atoms with Crippen molar-refractivity contribution in [3.8, 4) is 0 Å². The van der Waals surface area contributed by atoms with Crippen LogP contribution < -0.4 is 5.32 Å². The number of hydrogen-bond donors (Lipinski definition) is 4. The zero-order chi connectivity index (χ0) is 25.2. The van der Waals surface area contributed by atoms with E-state index in [0.717, 1.165) is 60.7 Å². The molecule has 0 fully saturated rings. The highest BCUT2D eigenvalue weighted by Gasteiger charge is 2.46. The van der Waals surface area contributed by atoms with Crippen LogP contribution >= 0.6 is 11.8 Å². The largest absolute Gasteiger partial charge is 0.464 e. The molecule has 1 aromatic carbocycles. The van der Waals surface area contributed by atoms with Gasteiger partial charge in [0.2, 0.25) is 0 Å². The SMILES string of the molecule is CC(C)(O)C1SC(S(=N)(=O)N(C(=O)O)C(C)(C)C)=CN1C(=O)Nc1c2c(cc3c1CC3)CCC2. The van der Waals surface area contributed by atoms with Gasteiger partial charge < -0.3 is 15.5 Å². The number of aryl methyl sites for hydroxylation is 2. The van der Waals surface area contributed by atoms with Crippen LogP contribution in [0, 0.1) is 4.78 Å². The number of benzene rings is 1. The van der Waals surface area contributed by atoms with E-state index in [1.165, 1.54) is 36.1 Å². The van der Waals surface area contributed by atoms with Crippen LogP contribution in [-0.2, 0) is 35.6 Å². The molecule has 1 aliphatic heterocycles. The molecule has 0 saturated carbocycles. The first-order chi connectivity index (χ1) is 15.6. The summed E-state index contributed by atoms with van der Waals surface area (Å²) in [6, 6.07) is 1.74. The number of nitrogens with zero attached hydrogens (tertiary/aromatic N) is 2. The minimum absolute atomic E-state index is 0.0848. The molecule has 4 N–H and O–H groups in total. The van der Waals surface area contributed by atoms with Gasteiger partial charge in [0.25, 0.3) is 0 Å². The van der Waals surface area contributed by atoms with Crippen molar-refractivity contribution in [3.05, 3.63) is 38.8 Å². The molecule has 0 spiro atoms. The summed E-state index contributed by atoms with van der Waals surface area (Å²) in [5.74, 6) is 0. The molecular weight excluding hydrogens is 476 g/mol. The number of thioether (sulfide) groups is 1. The van der Waals surface area contributed by atoms with Gasteiger partial charge in [-0.25, -0.2) is 22.9 Å². The minimum atomic E-state index is -3.98.